The Bertz CT molecular complexity index is 640. The van der Waals surface area contributed by atoms with Crippen molar-refractivity contribution in [1.82, 2.24) is 14.3 Å². The molecule has 106 valence electrons. The minimum atomic E-state index is -0.144. The molecule has 1 fully saturated rings. The summed E-state index contributed by atoms with van der Waals surface area (Å²) in [5.74, 6) is -0.144. The second-order valence-electron chi connectivity index (χ2n) is 5.00. The molecule has 1 atom stereocenters. The molecular weight excluding hydrogens is 322 g/mol. The van der Waals surface area contributed by atoms with Gasteiger partial charge in [0.1, 0.15) is 11.7 Å². The van der Waals surface area contributed by atoms with Gasteiger partial charge in [0.2, 0.25) is 0 Å². The van der Waals surface area contributed by atoms with E-state index in [0.29, 0.717) is 6.54 Å². The number of carbonyl (C=O) groups is 1. The number of likely N-dealkylation sites (tertiary alicyclic amines) is 1. The zero-order valence-corrected chi connectivity index (χ0v) is 12.8. The number of hydrogen-bond donors (Lipinski definition) is 0. The number of nitrogens with zero attached hydrogens (tertiary/aromatic N) is 3. The van der Waals surface area contributed by atoms with Crippen LogP contribution in [0.25, 0.3) is 5.65 Å². The van der Waals surface area contributed by atoms with Crippen LogP contribution in [0.1, 0.15) is 18.5 Å². The Labute approximate surface area is 125 Å². The average Bonchev–Trinajstić information content (AvgIpc) is 3.04. The normalized spacial score (nSPS) is 19.6. The highest BCUT2D eigenvalue weighted by atomic mass is 79.9. The fourth-order valence-electron chi connectivity index (χ4n) is 2.72. The van der Waals surface area contributed by atoms with Crippen LogP contribution in [-0.2, 0) is 16.1 Å². The number of pyridine rings is 1. The van der Waals surface area contributed by atoms with Crippen molar-refractivity contribution in [1.29, 1.82) is 0 Å². The molecule has 2 aromatic heterocycles. The minimum Gasteiger partial charge on any atom is -0.468 e. The third-order valence-electron chi connectivity index (χ3n) is 3.67. The van der Waals surface area contributed by atoms with Gasteiger partial charge in [0.05, 0.1) is 12.8 Å². The number of esters is 1. The van der Waals surface area contributed by atoms with Crippen LogP contribution in [0.5, 0.6) is 0 Å². The molecule has 5 nitrogen and oxygen atoms in total. The van der Waals surface area contributed by atoms with Crippen LogP contribution in [0.15, 0.2) is 29.0 Å². The monoisotopic (exact) mass is 337 g/mol. The van der Waals surface area contributed by atoms with E-state index in [1.165, 1.54) is 7.11 Å². The largest absolute Gasteiger partial charge is 0.468 e. The smallest absolute Gasteiger partial charge is 0.323 e. The van der Waals surface area contributed by atoms with E-state index in [9.17, 15) is 4.79 Å². The zero-order valence-electron chi connectivity index (χ0n) is 11.3. The lowest BCUT2D eigenvalue weighted by Crippen LogP contribution is -2.36. The number of halogens is 1. The van der Waals surface area contributed by atoms with Gasteiger partial charge in [-0.15, -0.1) is 0 Å². The van der Waals surface area contributed by atoms with Crippen LogP contribution in [0.3, 0.4) is 0 Å². The summed E-state index contributed by atoms with van der Waals surface area (Å²) in [6, 6.07) is 3.81. The number of methoxy groups -OCH3 is 1. The van der Waals surface area contributed by atoms with Crippen molar-refractivity contribution in [3.63, 3.8) is 0 Å². The van der Waals surface area contributed by atoms with E-state index in [1.807, 2.05) is 28.9 Å². The molecule has 20 heavy (non-hydrogen) atoms. The summed E-state index contributed by atoms with van der Waals surface area (Å²) in [6.45, 7) is 1.59. The molecule has 2 aromatic rings. The predicted octanol–water partition coefficient (Wildman–Crippen LogP) is 2.23. The predicted molar refractivity (Wildman–Crippen MR) is 78.3 cm³/mol. The third kappa shape index (κ3) is 2.58. The van der Waals surface area contributed by atoms with Gasteiger partial charge in [-0.3, -0.25) is 9.69 Å². The molecule has 0 radical (unpaired) electrons. The summed E-state index contributed by atoms with van der Waals surface area (Å²) >= 11 is 3.45. The number of fused-ring (bicyclic) bond motifs is 1. The molecular formula is C14H16BrN3O2. The van der Waals surface area contributed by atoms with Crippen molar-refractivity contribution in [2.75, 3.05) is 13.7 Å². The SMILES string of the molecule is COC(=O)C1CCCN1Cc1cn2cc(Br)ccc2n1. The standard InChI is InChI=1S/C14H16BrN3O2/c1-20-14(19)12-3-2-6-17(12)8-11-9-18-7-10(15)4-5-13(18)16-11/h4-5,7,9,12H,2-3,6,8H2,1H3. The first kappa shape index (κ1) is 13.6. The van der Waals surface area contributed by atoms with Gasteiger partial charge >= 0.3 is 5.97 Å². The number of hydrogen-bond acceptors (Lipinski definition) is 4. The van der Waals surface area contributed by atoms with E-state index < -0.39 is 0 Å². The van der Waals surface area contributed by atoms with Crippen molar-refractivity contribution in [2.45, 2.75) is 25.4 Å². The molecule has 1 saturated heterocycles. The summed E-state index contributed by atoms with van der Waals surface area (Å²) in [4.78, 5) is 18.5. The van der Waals surface area contributed by atoms with Gasteiger partial charge in [0, 0.05) is 23.4 Å². The molecule has 3 rings (SSSR count). The highest BCUT2D eigenvalue weighted by Gasteiger charge is 2.31. The Kier molecular flexibility index (Phi) is 3.76. The van der Waals surface area contributed by atoms with Crippen LogP contribution in [0.2, 0.25) is 0 Å². The highest BCUT2D eigenvalue weighted by Crippen LogP contribution is 2.21. The second kappa shape index (κ2) is 5.54. The number of carbonyl (C=O) groups excluding carboxylic acids is 1. The lowest BCUT2D eigenvalue weighted by atomic mass is 10.2. The summed E-state index contributed by atoms with van der Waals surface area (Å²) in [7, 11) is 1.45. The Balaban J connectivity index is 1.80. The number of imidazole rings is 1. The van der Waals surface area contributed by atoms with E-state index in [0.717, 1.165) is 35.2 Å². The molecule has 0 bridgehead atoms. The Hall–Kier alpha value is -1.40. The number of aromatic nitrogens is 2. The van der Waals surface area contributed by atoms with Crippen molar-refractivity contribution < 1.29 is 9.53 Å². The molecule has 0 amide bonds. The first-order chi connectivity index (χ1) is 9.67. The summed E-state index contributed by atoms with van der Waals surface area (Å²) in [6.07, 6.45) is 5.88. The minimum absolute atomic E-state index is 0.128. The third-order valence-corrected chi connectivity index (χ3v) is 4.14. The number of rotatable bonds is 3. The van der Waals surface area contributed by atoms with Gasteiger partial charge in [-0.25, -0.2) is 4.98 Å². The zero-order chi connectivity index (χ0) is 14.1. The van der Waals surface area contributed by atoms with E-state index in [2.05, 4.69) is 25.8 Å². The summed E-state index contributed by atoms with van der Waals surface area (Å²) in [5.41, 5.74) is 1.89. The number of ether oxygens (including phenoxy) is 1. The average molecular weight is 338 g/mol. The van der Waals surface area contributed by atoms with E-state index in [1.54, 1.807) is 0 Å². The van der Waals surface area contributed by atoms with Crippen molar-refractivity contribution in [3.8, 4) is 0 Å². The molecule has 0 aromatic carbocycles. The molecule has 1 aliphatic rings. The van der Waals surface area contributed by atoms with Crippen molar-refractivity contribution in [3.05, 3.63) is 34.7 Å². The maximum Gasteiger partial charge on any atom is 0.323 e. The van der Waals surface area contributed by atoms with Gasteiger partial charge in [-0.2, -0.15) is 0 Å². The van der Waals surface area contributed by atoms with Crippen LogP contribution < -0.4 is 0 Å². The fraction of sp³-hybridized carbons (Fsp3) is 0.429. The molecule has 1 aliphatic heterocycles. The maximum atomic E-state index is 11.7. The Morgan fingerprint density at radius 3 is 3.15 bits per heavy atom. The van der Waals surface area contributed by atoms with Crippen LogP contribution >= 0.6 is 15.9 Å². The maximum absolute atomic E-state index is 11.7. The van der Waals surface area contributed by atoms with Crippen LogP contribution in [0, 0.1) is 0 Å². The molecule has 0 saturated carbocycles. The van der Waals surface area contributed by atoms with Crippen LogP contribution in [0.4, 0.5) is 0 Å². The molecule has 1 unspecified atom stereocenters. The van der Waals surface area contributed by atoms with Gasteiger partial charge in [0.15, 0.2) is 0 Å². The first-order valence-corrected chi connectivity index (χ1v) is 7.41. The lowest BCUT2D eigenvalue weighted by Gasteiger charge is -2.20. The quantitative estimate of drug-likeness (QED) is 0.806. The summed E-state index contributed by atoms with van der Waals surface area (Å²) < 4.78 is 7.87. The van der Waals surface area contributed by atoms with Crippen molar-refractivity contribution >= 4 is 27.5 Å². The van der Waals surface area contributed by atoms with Crippen molar-refractivity contribution in [2.24, 2.45) is 0 Å². The topological polar surface area (TPSA) is 46.8 Å². The molecule has 3 heterocycles. The van der Waals surface area contributed by atoms with Gasteiger partial charge < -0.3 is 9.14 Å². The van der Waals surface area contributed by atoms with E-state index in [4.69, 9.17) is 4.74 Å². The van der Waals surface area contributed by atoms with Crippen LogP contribution in [-0.4, -0.2) is 40.0 Å². The highest BCUT2D eigenvalue weighted by molar-refractivity contribution is 9.10. The molecule has 6 heteroatoms. The second-order valence-corrected chi connectivity index (χ2v) is 5.91. The summed E-state index contributed by atoms with van der Waals surface area (Å²) in [5, 5.41) is 0. The van der Waals surface area contributed by atoms with Gasteiger partial charge in [0.25, 0.3) is 0 Å². The first-order valence-electron chi connectivity index (χ1n) is 6.62. The molecule has 0 N–H and O–H groups in total. The van der Waals surface area contributed by atoms with Gasteiger partial charge in [-0.05, 0) is 47.4 Å². The fourth-order valence-corrected chi connectivity index (χ4v) is 3.07. The molecule has 0 spiro atoms. The van der Waals surface area contributed by atoms with E-state index >= 15 is 0 Å². The van der Waals surface area contributed by atoms with E-state index in [-0.39, 0.29) is 12.0 Å². The Morgan fingerprint density at radius 2 is 2.35 bits per heavy atom. The molecule has 0 aliphatic carbocycles. The van der Waals surface area contributed by atoms with Gasteiger partial charge in [-0.1, -0.05) is 0 Å². The lowest BCUT2D eigenvalue weighted by molar-refractivity contribution is -0.146. The Morgan fingerprint density at radius 1 is 1.50 bits per heavy atom.